The maximum atomic E-state index is 14.0. The molecule has 0 fully saturated rings. The van der Waals surface area contributed by atoms with Gasteiger partial charge < -0.3 is 13.9 Å². The summed E-state index contributed by atoms with van der Waals surface area (Å²) in [5.41, 5.74) is 0.810. The smallest absolute Gasteiger partial charge is 0.295 e. The summed E-state index contributed by atoms with van der Waals surface area (Å²) in [4.78, 5) is 28.8. The molecule has 2 heterocycles. The van der Waals surface area contributed by atoms with Crippen molar-refractivity contribution in [2.45, 2.75) is 13.0 Å². The van der Waals surface area contributed by atoms with Crippen LogP contribution in [0.15, 0.2) is 82.5 Å². The Morgan fingerprint density at radius 1 is 1.08 bits per heavy atom. The third kappa shape index (κ3) is 4.01. The SMILES string of the molecule is C=CCOc1ccc(C2c3c(oc4ccc(F)cc4c3=O)C(=O)N2c2cccc(Cl)c2)cc1OCC. The Bertz CT molecular complexity index is 1560. The summed E-state index contributed by atoms with van der Waals surface area (Å²) in [6, 6.07) is 14.7. The minimum atomic E-state index is -0.873. The number of rotatable bonds is 7. The third-order valence-corrected chi connectivity index (χ3v) is 6.09. The molecular weight excluding hydrogens is 485 g/mol. The highest BCUT2D eigenvalue weighted by molar-refractivity contribution is 6.31. The highest BCUT2D eigenvalue weighted by Gasteiger charge is 2.44. The summed E-state index contributed by atoms with van der Waals surface area (Å²) in [6.07, 6.45) is 1.62. The third-order valence-electron chi connectivity index (χ3n) is 5.86. The van der Waals surface area contributed by atoms with Gasteiger partial charge in [0.25, 0.3) is 5.91 Å². The number of fused-ring (bicyclic) bond motifs is 2. The van der Waals surface area contributed by atoms with Gasteiger partial charge in [-0.15, -0.1) is 0 Å². The van der Waals surface area contributed by atoms with Crippen molar-refractivity contribution in [3.05, 3.63) is 111 Å². The van der Waals surface area contributed by atoms with Gasteiger partial charge >= 0.3 is 0 Å². The lowest BCUT2D eigenvalue weighted by molar-refractivity contribution is 0.0971. The molecule has 1 amide bonds. The predicted molar refractivity (Wildman–Crippen MR) is 136 cm³/mol. The molecule has 1 aliphatic heterocycles. The highest BCUT2D eigenvalue weighted by atomic mass is 35.5. The number of hydrogen-bond donors (Lipinski definition) is 0. The molecule has 0 saturated carbocycles. The van der Waals surface area contributed by atoms with E-state index in [0.717, 1.165) is 6.07 Å². The number of carbonyl (C=O) groups is 1. The van der Waals surface area contributed by atoms with E-state index >= 15 is 0 Å². The molecule has 36 heavy (non-hydrogen) atoms. The van der Waals surface area contributed by atoms with Crippen molar-refractivity contribution in [3.8, 4) is 11.5 Å². The summed E-state index contributed by atoms with van der Waals surface area (Å²) in [6.45, 7) is 6.15. The van der Waals surface area contributed by atoms with Crippen molar-refractivity contribution in [1.29, 1.82) is 0 Å². The maximum Gasteiger partial charge on any atom is 0.295 e. The number of benzene rings is 3. The van der Waals surface area contributed by atoms with Crippen molar-refractivity contribution in [3.63, 3.8) is 0 Å². The van der Waals surface area contributed by atoms with E-state index in [1.807, 2.05) is 6.92 Å². The van der Waals surface area contributed by atoms with E-state index in [2.05, 4.69) is 6.58 Å². The molecule has 1 aliphatic rings. The molecule has 4 aromatic rings. The van der Waals surface area contributed by atoms with Gasteiger partial charge in [-0.05, 0) is 61.0 Å². The lowest BCUT2D eigenvalue weighted by Gasteiger charge is -2.26. The molecule has 182 valence electrons. The van der Waals surface area contributed by atoms with Gasteiger partial charge in [0, 0.05) is 10.7 Å². The van der Waals surface area contributed by atoms with Crippen LogP contribution in [-0.2, 0) is 0 Å². The quantitative estimate of drug-likeness (QED) is 0.276. The van der Waals surface area contributed by atoms with Crippen molar-refractivity contribution in [2.24, 2.45) is 0 Å². The van der Waals surface area contributed by atoms with Gasteiger partial charge in [-0.1, -0.05) is 36.4 Å². The molecule has 8 heteroatoms. The van der Waals surface area contributed by atoms with Crippen LogP contribution < -0.4 is 19.8 Å². The van der Waals surface area contributed by atoms with E-state index in [-0.39, 0.29) is 28.9 Å². The van der Waals surface area contributed by atoms with Crippen molar-refractivity contribution >= 4 is 34.2 Å². The minimum Gasteiger partial charge on any atom is -0.490 e. The fourth-order valence-corrected chi connectivity index (χ4v) is 4.57. The number of hydrogen-bond acceptors (Lipinski definition) is 5. The van der Waals surface area contributed by atoms with Gasteiger partial charge in [0.05, 0.1) is 23.6 Å². The van der Waals surface area contributed by atoms with Gasteiger partial charge in [-0.25, -0.2) is 4.39 Å². The molecule has 0 aliphatic carbocycles. The second kappa shape index (κ2) is 9.51. The molecule has 0 saturated heterocycles. The first-order valence-electron chi connectivity index (χ1n) is 11.3. The van der Waals surface area contributed by atoms with Crippen LogP contribution in [0.2, 0.25) is 5.02 Å². The lowest BCUT2D eigenvalue weighted by atomic mass is 9.97. The zero-order chi connectivity index (χ0) is 25.4. The van der Waals surface area contributed by atoms with Crippen LogP contribution in [0.3, 0.4) is 0 Å². The number of carbonyl (C=O) groups excluding carboxylic acids is 1. The number of anilines is 1. The zero-order valence-corrected chi connectivity index (χ0v) is 20.0. The lowest BCUT2D eigenvalue weighted by Crippen LogP contribution is -2.29. The fraction of sp³-hybridized carbons (Fsp3) is 0.143. The van der Waals surface area contributed by atoms with Crippen LogP contribution in [0.1, 0.15) is 34.6 Å². The summed E-state index contributed by atoms with van der Waals surface area (Å²) >= 11 is 6.24. The Morgan fingerprint density at radius 2 is 1.92 bits per heavy atom. The largest absolute Gasteiger partial charge is 0.490 e. The van der Waals surface area contributed by atoms with E-state index in [1.165, 1.54) is 17.0 Å². The van der Waals surface area contributed by atoms with Crippen LogP contribution >= 0.6 is 11.6 Å². The van der Waals surface area contributed by atoms with Gasteiger partial charge in [-0.3, -0.25) is 14.5 Å². The van der Waals surface area contributed by atoms with Crippen molar-refractivity contribution in [2.75, 3.05) is 18.1 Å². The van der Waals surface area contributed by atoms with E-state index in [9.17, 15) is 14.0 Å². The summed E-state index contributed by atoms with van der Waals surface area (Å²) in [5, 5.41) is 0.472. The Balaban J connectivity index is 1.76. The first-order valence-corrected chi connectivity index (χ1v) is 11.7. The molecule has 0 radical (unpaired) electrons. The molecular formula is C28H21ClFNO5. The van der Waals surface area contributed by atoms with E-state index in [1.54, 1.807) is 48.5 Å². The maximum absolute atomic E-state index is 14.0. The highest BCUT2D eigenvalue weighted by Crippen LogP contribution is 2.43. The molecule has 1 aromatic heterocycles. The summed E-state index contributed by atoms with van der Waals surface area (Å²) in [7, 11) is 0. The second-order valence-corrected chi connectivity index (χ2v) is 8.55. The number of ether oxygens (including phenoxy) is 2. The molecule has 0 N–H and O–H groups in total. The van der Waals surface area contributed by atoms with Crippen molar-refractivity contribution < 1.29 is 23.1 Å². The van der Waals surface area contributed by atoms with Crippen LogP contribution in [0, 0.1) is 5.82 Å². The Kier molecular flexibility index (Phi) is 6.24. The van der Waals surface area contributed by atoms with Gasteiger partial charge in [0.2, 0.25) is 5.76 Å². The average Bonchev–Trinajstić information content (AvgIpc) is 3.16. The van der Waals surface area contributed by atoms with Crippen molar-refractivity contribution in [1.82, 2.24) is 0 Å². The molecule has 1 atom stereocenters. The van der Waals surface area contributed by atoms with E-state index < -0.39 is 23.2 Å². The molecule has 1 unspecified atom stereocenters. The van der Waals surface area contributed by atoms with Crippen LogP contribution in [0.4, 0.5) is 10.1 Å². The van der Waals surface area contributed by atoms with E-state index in [4.69, 9.17) is 25.5 Å². The normalized spacial score (nSPS) is 14.7. The van der Waals surface area contributed by atoms with Gasteiger partial charge in [0.15, 0.2) is 16.9 Å². The number of nitrogens with zero attached hydrogens (tertiary/aromatic N) is 1. The molecule has 0 spiro atoms. The summed E-state index contributed by atoms with van der Waals surface area (Å²) < 4.78 is 31.4. The number of halogens is 2. The van der Waals surface area contributed by atoms with E-state index in [0.29, 0.717) is 34.4 Å². The topological polar surface area (TPSA) is 69.0 Å². The molecule has 0 bridgehead atoms. The Morgan fingerprint density at radius 3 is 2.67 bits per heavy atom. The first kappa shape index (κ1) is 23.6. The standard InChI is InChI=1S/C28H21ClFNO5/c1-3-12-35-22-10-8-16(13-23(22)34-4-2)25-24-26(32)20-15-18(30)9-11-21(20)36-27(24)28(33)31(25)19-7-5-6-17(29)14-19/h3,5-11,13-15,25H,1,4,12H2,2H3. The first-order chi connectivity index (χ1) is 17.4. The molecule has 3 aromatic carbocycles. The van der Waals surface area contributed by atoms with Crippen LogP contribution in [0.25, 0.3) is 11.0 Å². The summed E-state index contributed by atoms with van der Waals surface area (Å²) in [5.74, 6) is -0.253. The molecule has 5 rings (SSSR count). The second-order valence-electron chi connectivity index (χ2n) is 8.11. The zero-order valence-electron chi connectivity index (χ0n) is 19.3. The average molecular weight is 506 g/mol. The van der Waals surface area contributed by atoms with Crippen LogP contribution in [0.5, 0.6) is 11.5 Å². The Labute approximate surface area is 211 Å². The monoisotopic (exact) mass is 505 g/mol. The minimum absolute atomic E-state index is 0.0514. The van der Waals surface area contributed by atoms with Gasteiger partial charge in [-0.2, -0.15) is 0 Å². The van der Waals surface area contributed by atoms with Gasteiger partial charge in [0.1, 0.15) is 18.0 Å². The predicted octanol–water partition coefficient (Wildman–Crippen LogP) is 6.30. The molecule has 6 nitrogen and oxygen atoms in total. The van der Waals surface area contributed by atoms with Crippen LogP contribution in [-0.4, -0.2) is 19.1 Å². The fourth-order valence-electron chi connectivity index (χ4n) is 4.38. The number of amides is 1. The Hall–Kier alpha value is -4.10.